The molecule has 5 nitrogen and oxygen atoms in total. The highest BCUT2D eigenvalue weighted by molar-refractivity contribution is 5.84. The number of halogens is 1. The van der Waals surface area contributed by atoms with Gasteiger partial charge in [0.2, 0.25) is 5.91 Å². The highest BCUT2D eigenvalue weighted by Crippen LogP contribution is 2.29. The smallest absolute Gasteiger partial charge is 0.242 e. The van der Waals surface area contributed by atoms with Crippen LogP contribution >= 0.6 is 0 Å². The van der Waals surface area contributed by atoms with E-state index in [1.807, 2.05) is 36.4 Å². The van der Waals surface area contributed by atoms with Gasteiger partial charge in [-0.1, -0.05) is 42.5 Å². The maximum Gasteiger partial charge on any atom is 0.242 e. The number of nitrogens with one attached hydrogen (secondary N) is 2. The van der Waals surface area contributed by atoms with Crippen molar-refractivity contribution in [3.05, 3.63) is 66.7 Å². The number of aromatic nitrogens is 2. The Hall–Kier alpha value is -3.28. The number of anilines is 1. The zero-order valence-electron chi connectivity index (χ0n) is 15.4. The molecule has 28 heavy (non-hydrogen) atoms. The molecule has 0 radical (unpaired) electrons. The van der Waals surface area contributed by atoms with Crippen molar-refractivity contribution in [3.8, 4) is 22.4 Å². The summed E-state index contributed by atoms with van der Waals surface area (Å²) in [4.78, 5) is 20.8. The Kier molecular flexibility index (Phi) is 5.28. The van der Waals surface area contributed by atoms with Crippen LogP contribution in [0.5, 0.6) is 0 Å². The van der Waals surface area contributed by atoms with Crippen LogP contribution in [0.25, 0.3) is 22.4 Å². The predicted molar refractivity (Wildman–Crippen MR) is 107 cm³/mol. The fourth-order valence-electron chi connectivity index (χ4n) is 3.37. The minimum absolute atomic E-state index is 0.0232. The Bertz CT molecular complexity index is 960. The molecule has 2 aromatic carbocycles. The fourth-order valence-corrected chi connectivity index (χ4v) is 3.37. The molecule has 1 atom stereocenters. The molecular formula is C22H21FN4O. The van der Waals surface area contributed by atoms with Gasteiger partial charge in [-0.05, 0) is 30.9 Å². The number of hydrogen-bond donors (Lipinski definition) is 2. The van der Waals surface area contributed by atoms with Crippen LogP contribution in [0.15, 0.2) is 60.9 Å². The molecule has 0 unspecified atom stereocenters. The molecule has 0 saturated carbocycles. The van der Waals surface area contributed by atoms with Gasteiger partial charge in [0.25, 0.3) is 0 Å². The van der Waals surface area contributed by atoms with Crippen molar-refractivity contribution >= 4 is 11.7 Å². The maximum absolute atomic E-state index is 15.1. The van der Waals surface area contributed by atoms with Crippen LogP contribution < -0.4 is 10.6 Å². The summed E-state index contributed by atoms with van der Waals surface area (Å²) in [6, 6.07) is 14.3. The summed E-state index contributed by atoms with van der Waals surface area (Å²) in [5, 5.41) is 6.00. The number of amides is 1. The van der Waals surface area contributed by atoms with E-state index in [9.17, 15) is 4.79 Å². The molecule has 1 fully saturated rings. The van der Waals surface area contributed by atoms with Gasteiger partial charge in [0.05, 0.1) is 18.1 Å². The highest BCUT2D eigenvalue weighted by Gasteiger charge is 2.21. The summed E-state index contributed by atoms with van der Waals surface area (Å²) in [6.07, 6.45) is 5.78. The summed E-state index contributed by atoms with van der Waals surface area (Å²) in [5.74, 6) is 0.155. The van der Waals surface area contributed by atoms with Gasteiger partial charge >= 0.3 is 0 Å². The molecule has 1 aliphatic heterocycles. The van der Waals surface area contributed by atoms with E-state index in [2.05, 4.69) is 20.6 Å². The van der Waals surface area contributed by atoms with Gasteiger partial charge in [-0.25, -0.2) is 9.37 Å². The third-order valence-electron chi connectivity index (χ3n) is 4.87. The average Bonchev–Trinajstić information content (AvgIpc) is 2.94. The number of carbonyl (C=O) groups excluding carboxylic acids is 1. The third-order valence-corrected chi connectivity index (χ3v) is 4.87. The quantitative estimate of drug-likeness (QED) is 0.721. The molecular weight excluding hydrogens is 355 g/mol. The van der Waals surface area contributed by atoms with E-state index in [1.165, 1.54) is 6.20 Å². The summed E-state index contributed by atoms with van der Waals surface area (Å²) < 4.78 is 15.1. The molecule has 3 aromatic rings. The molecule has 2 N–H and O–H groups in total. The minimum atomic E-state index is -0.327. The molecule has 2 heterocycles. The standard InChI is InChI=1S/C22H21FN4O/c23-21-16(15-7-2-1-3-8-15)9-6-10-17(21)19-13-26-20(14-25-19)27-18-11-4-5-12-24-22(18)28/h1-3,6-10,13-14,18H,4-5,11-12H2,(H,24,28)(H,26,27)/t18-/m0/s1. The zero-order valence-corrected chi connectivity index (χ0v) is 15.4. The zero-order chi connectivity index (χ0) is 19.3. The highest BCUT2D eigenvalue weighted by atomic mass is 19.1. The fraction of sp³-hybridized carbons (Fsp3) is 0.227. The monoisotopic (exact) mass is 376 g/mol. The summed E-state index contributed by atoms with van der Waals surface area (Å²) >= 11 is 0. The first kappa shape index (κ1) is 18.1. The van der Waals surface area contributed by atoms with E-state index in [0.29, 0.717) is 29.2 Å². The van der Waals surface area contributed by atoms with Crippen molar-refractivity contribution in [1.29, 1.82) is 0 Å². The van der Waals surface area contributed by atoms with Crippen molar-refractivity contribution in [2.24, 2.45) is 0 Å². The van der Waals surface area contributed by atoms with E-state index in [4.69, 9.17) is 0 Å². The molecule has 0 bridgehead atoms. The summed E-state index contributed by atoms with van der Waals surface area (Å²) in [6.45, 7) is 0.707. The van der Waals surface area contributed by atoms with E-state index >= 15 is 4.39 Å². The Labute approximate surface area is 163 Å². The van der Waals surface area contributed by atoms with Gasteiger partial charge in [0.15, 0.2) is 0 Å². The summed E-state index contributed by atoms with van der Waals surface area (Å²) in [5.41, 5.74) is 2.18. The van der Waals surface area contributed by atoms with E-state index in [-0.39, 0.29) is 17.8 Å². The maximum atomic E-state index is 15.1. The first-order valence-corrected chi connectivity index (χ1v) is 9.43. The van der Waals surface area contributed by atoms with Gasteiger partial charge in [0, 0.05) is 17.7 Å². The Balaban J connectivity index is 1.57. The number of nitrogens with zero attached hydrogens (tertiary/aromatic N) is 2. The lowest BCUT2D eigenvalue weighted by molar-refractivity contribution is -0.121. The molecule has 1 amide bonds. The first-order valence-electron chi connectivity index (χ1n) is 9.43. The van der Waals surface area contributed by atoms with Crippen molar-refractivity contribution in [2.75, 3.05) is 11.9 Å². The van der Waals surface area contributed by atoms with Crippen LogP contribution in [0.1, 0.15) is 19.3 Å². The van der Waals surface area contributed by atoms with Crippen molar-refractivity contribution in [2.45, 2.75) is 25.3 Å². The predicted octanol–water partition coefficient (Wildman–Crippen LogP) is 4.03. The number of rotatable bonds is 4. The van der Waals surface area contributed by atoms with Crippen LogP contribution in [0.4, 0.5) is 10.2 Å². The van der Waals surface area contributed by atoms with Gasteiger partial charge in [-0.15, -0.1) is 0 Å². The molecule has 1 aliphatic rings. The van der Waals surface area contributed by atoms with Crippen LogP contribution in [-0.4, -0.2) is 28.5 Å². The summed E-state index contributed by atoms with van der Waals surface area (Å²) in [7, 11) is 0. The van der Waals surface area contributed by atoms with E-state index < -0.39 is 0 Å². The van der Waals surface area contributed by atoms with Crippen LogP contribution in [-0.2, 0) is 4.79 Å². The van der Waals surface area contributed by atoms with Gasteiger partial charge in [0.1, 0.15) is 17.7 Å². The second-order valence-electron chi connectivity index (χ2n) is 6.80. The van der Waals surface area contributed by atoms with Crippen molar-refractivity contribution < 1.29 is 9.18 Å². The average molecular weight is 376 g/mol. The van der Waals surface area contributed by atoms with Crippen LogP contribution in [0, 0.1) is 5.82 Å². The largest absolute Gasteiger partial charge is 0.357 e. The molecule has 0 aliphatic carbocycles. The minimum Gasteiger partial charge on any atom is -0.357 e. The molecule has 6 heteroatoms. The molecule has 142 valence electrons. The molecule has 4 rings (SSSR count). The lowest BCUT2D eigenvalue weighted by Gasteiger charge is -2.15. The third kappa shape index (κ3) is 3.86. The van der Waals surface area contributed by atoms with E-state index in [1.54, 1.807) is 18.3 Å². The molecule has 0 spiro atoms. The van der Waals surface area contributed by atoms with Gasteiger partial charge in [-0.2, -0.15) is 0 Å². The SMILES string of the molecule is O=C1NCCCC[C@@H]1Nc1cnc(-c2cccc(-c3ccccc3)c2F)cn1. The molecule has 1 aromatic heterocycles. The Morgan fingerprint density at radius 1 is 0.964 bits per heavy atom. The molecule has 1 saturated heterocycles. The van der Waals surface area contributed by atoms with Crippen molar-refractivity contribution in [1.82, 2.24) is 15.3 Å². The number of benzene rings is 2. The first-order chi connectivity index (χ1) is 13.7. The topological polar surface area (TPSA) is 66.9 Å². The van der Waals surface area contributed by atoms with Crippen molar-refractivity contribution in [3.63, 3.8) is 0 Å². The van der Waals surface area contributed by atoms with Crippen LogP contribution in [0.3, 0.4) is 0 Å². The normalized spacial score (nSPS) is 16.9. The lowest BCUT2D eigenvalue weighted by Crippen LogP contribution is -2.38. The van der Waals surface area contributed by atoms with Gasteiger partial charge < -0.3 is 10.6 Å². The Morgan fingerprint density at radius 3 is 2.57 bits per heavy atom. The van der Waals surface area contributed by atoms with E-state index in [0.717, 1.165) is 24.8 Å². The number of hydrogen-bond acceptors (Lipinski definition) is 4. The number of carbonyl (C=O) groups is 1. The Morgan fingerprint density at radius 2 is 1.79 bits per heavy atom. The second-order valence-corrected chi connectivity index (χ2v) is 6.80. The second kappa shape index (κ2) is 8.17. The van der Waals surface area contributed by atoms with Crippen LogP contribution in [0.2, 0.25) is 0 Å². The lowest BCUT2D eigenvalue weighted by atomic mass is 10.0. The van der Waals surface area contributed by atoms with Gasteiger partial charge in [-0.3, -0.25) is 9.78 Å².